The molecule has 0 fully saturated rings. The smallest absolute Gasteiger partial charge is 0.166 e. The SMILES string of the molecule is C=CCC(=C)/C(F)=C(/F)C(=C)C(=C)/C=C\C(=C)C(=C)/C(F)=C\C(=C)/C(C)=C/CCC. The third-order valence-corrected chi connectivity index (χ3v) is 4.25. The van der Waals surface area contributed by atoms with Gasteiger partial charge in [0, 0.05) is 11.1 Å². The molecule has 0 aliphatic rings. The molecule has 160 valence electrons. The van der Waals surface area contributed by atoms with E-state index in [2.05, 4.69) is 53.0 Å². The van der Waals surface area contributed by atoms with Crippen molar-refractivity contribution < 1.29 is 13.2 Å². The van der Waals surface area contributed by atoms with Crippen LogP contribution in [0.15, 0.2) is 133 Å². The molecule has 30 heavy (non-hydrogen) atoms. The molecule has 0 radical (unpaired) electrons. The normalized spacial score (nSPS) is 13.0. The highest BCUT2D eigenvalue weighted by Gasteiger charge is 2.14. The van der Waals surface area contributed by atoms with Crippen LogP contribution in [0.5, 0.6) is 0 Å². The van der Waals surface area contributed by atoms with Crippen molar-refractivity contribution in [2.45, 2.75) is 33.1 Å². The molecule has 0 heterocycles. The minimum atomic E-state index is -1.15. The Morgan fingerprint density at radius 1 is 0.800 bits per heavy atom. The van der Waals surface area contributed by atoms with E-state index < -0.39 is 17.5 Å². The molecule has 0 amide bonds. The van der Waals surface area contributed by atoms with Crippen LogP contribution in [0.2, 0.25) is 0 Å². The molecule has 0 bridgehead atoms. The van der Waals surface area contributed by atoms with E-state index in [1.54, 1.807) is 0 Å². The second-order valence-corrected chi connectivity index (χ2v) is 6.76. The molecule has 0 aromatic rings. The minimum Gasteiger partial charge on any atom is -0.206 e. The molecule has 0 unspecified atom stereocenters. The zero-order valence-electron chi connectivity index (χ0n) is 18.1. The van der Waals surface area contributed by atoms with Crippen molar-refractivity contribution in [2.24, 2.45) is 0 Å². The maximum Gasteiger partial charge on any atom is 0.166 e. The van der Waals surface area contributed by atoms with Crippen LogP contribution in [0, 0.1) is 0 Å². The van der Waals surface area contributed by atoms with Crippen molar-refractivity contribution in [3.8, 4) is 0 Å². The topological polar surface area (TPSA) is 0 Å². The summed E-state index contributed by atoms with van der Waals surface area (Å²) in [6.07, 6.45) is 9.46. The van der Waals surface area contributed by atoms with Crippen LogP contribution in [0.1, 0.15) is 33.1 Å². The predicted octanol–water partition coefficient (Wildman–Crippen LogP) is 9.21. The predicted molar refractivity (Wildman–Crippen MR) is 126 cm³/mol. The van der Waals surface area contributed by atoms with E-state index in [1.165, 1.54) is 24.3 Å². The standard InChI is InChI=1S/C27H31F3/c1-10-12-14-18(3)22(7)17-25(28)23(8)19(4)15-16-20(5)24(9)27(30)26(29)21(6)13-11-2/h11,14-17H,2,4-10,12-13H2,1,3H3/b16-15-,18-14+,25-17+,27-26-. The van der Waals surface area contributed by atoms with E-state index in [4.69, 9.17) is 0 Å². The number of hydrogen-bond donors (Lipinski definition) is 0. The molecule has 0 aromatic carbocycles. The molecule has 0 aliphatic heterocycles. The van der Waals surface area contributed by atoms with Crippen molar-refractivity contribution in [3.63, 3.8) is 0 Å². The van der Waals surface area contributed by atoms with Crippen molar-refractivity contribution >= 4 is 0 Å². The van der Waals surface area contributed by atoms with Gasteiger partial charge >= 0.3 is 0 Å². The number of allylic oxidation sites excluding steroid dienone is 15. The molecule has 0 aliphatic carbocycles. The summed E-state index contributed by atoms with van der Waals surface area (Å²) in [5.74, 6) is -2.84. The van der Waals surface area contributed by atoms with Gasteiger partial charge in [-0.3, -0.25) is 0 Å². The van der Waals surface area contributed by atoms with Crippen LogP contribution in [0.25, 0.3) is 0 Å². The highest BCUT2D eigenvalue weighted by Crippen LogP contribution is 2.28. The summed E-state index contributed by atoms with van der Waals surface area (Å²) in [6.45, 7) is 29.3. The van der Waals surface area contributed by atoms with Gasteiger partial charge in [-0.25, -0.2) is 13.2 Å². The molecule has 0 saturated heterocycles. The second kappa shape index (κ2) is 13.2. The van der Waals surface area contributed by atoms with Crippen molar-refractivity contribution in [1.82, 2.24) is 0 Å². The van der Waals surface area contributed by atoms with E-state index in [-0.39, 0.29) is 34.3 Å². The first-order chi connectivity index (χ1) is 14.0. The third kappa shape index (κ3) is 8.52. The lowest BCUT2D eigenvalue weighted by Crippen LogP contribution is -1.92. The maximum absolute atomic E-state index is 14.5. The molecule has 3 heteroatoms. The number of hydrogen-bond acceptors (Lipinski definition) is 0. The molecular formula is C27H31F3. The van der Waals surface area contributed by atoms with Gasteiger partial charge < -0.3 is 0 Å². The first-order valence-corrected chi connectivity index (χ1v) is 9.50. The van der Waals surface area contributed by atoms with Gasteiger partial charge in [0.05, 0.1) is 0 Å². The molecule has 0 rings (SSSR count). The molecule has 0 aromatic heterocycles. The van der Waals surface area contributed by atoms with Crippen molar-refractivity contribution in [2.75, 3.05) is 0 Å². The van der Waals surface area contributed by atoms with E-state index in [0.717, 1.165) is 18.4 Å². The fraction of sp³-hybridized carbons (Fsp3) is 0.185. The Bertz CT molecular complexity index is 883. The monoisotopic (exact) mass is 412 g/mol. The fourth-order valence-corrected chi connectivity index (χ4v) is 2.09. The third-order valence-electron chi connectivity index (χ3n) is 4.25. The Balaban J connectivity index is 5.28. The summed E-state index contributed by atoms with van der Waals surface area (Å²) >= 11 is 0. The van der Waals surface area contributed by atoms with Gasteiger partial charge in [-0.15, -0.1) is 6.58 Å². The Morgan fingerprint density at radius 2 is 1.33 bits per heavy atom. The van der Waals surface area contributed by atoms with Gasteiger partial charge in [0.15, 0.2) is 11.7 Å². The number of halogens is 3. The molecule has 0 saturated carbocycles. The number of rotatable bonds is 13. The van der Waals surface area contributed by atoms with Gasteiger partial charge in [0.2, 0.25) is 0 Å². The summed E-state index contributed by atoms with van der Waals surface area (Å²) in [7, 11) is 0. The Morgan fingerprint density at radius 3 is 1.83 bits per heavy atom. The minimum absolute atomic E-state index is 0.0473. The Labute approximate surface area is 179 Å². The first-order valence-electron chi connectivity index (χ1n) is 9.50. The molecule has 0 N–H and O–H groups in total. The van der Waals surface area contributed by atoms with Crippen LogP contribution in [-0.4, -0.2) is 0 Å². The van der Waals surface area contributed by atoms with Gasteiger partial charge in [0.1, 0.15) is 5.83 Å². The highest BCUT2D eigenvalue weighted by atomic mass is 19.2. The average molecular weight is 413 g/mol. The zero-order valence-corrected chi connectivity index (χ0v) is 18.1. The largest absolute Gasteiger partial charge is 0.206 e. The zero-order chi connectivity index (χ0) is 23.4. The summed E-state index contributed by atoms with van der Waals surface area (Å²) in [4.78, 5) is 0. The van der Waals surface area contributed by atoms with Crippen LogP contribution in [0.3, 0.4) is 0 Å². The van der Waals surface area contributed by atoms with Crippen LogP contribution >= 0.6 is 0 Å². The average Bonchev–Trinajstić information content (AvgIpc) is 2.72. The second-order valence-electron chi connectivity index (χ2n) is 6.76. The summed E-state index contributed by atoms with van der Waals surface area (Å²) in [6, 6.07) is 0. The van der Waals surface area contributed by atoms with Gasteiger partial charge in [-0.05, 0) is 53.7 Å². The fourth-order valence-electron chi connectivity index (χ4n) is 2.09. The Hall–Kier alpha value is -3.07. The summed E-state index contributed by atoms with van der Waals surface area (Å²) in [5, 5.41) is 0. The lowest BCUT2D eigenvalue weighted by atomic mass is 10.0. The lowest BCUT2D eigenvalue weighted by molar-refractivity contribution is 0.555. The molecule has 0 atom stereocenters. The first kappa shape index (κ1) is 26.9. The van der Waals surface area contributed by atoms with E-state index in [1.807, 2.05) is 13.0 Å². The highest BCUT2D eigenvalue weighted by molar-refractivity contribution is 5.54. The lowest BCUT2D eigenvalue weighted by Gasteiger charge is -2.08. The molecule has 0 nitrogen and oxygen atoms in total. The summed E-state index contributed by atoms with van der Waals surface area (Å²) < 4.78 is 42.7. The van der Waals surface area contributed by atoms with Crippen LogP contribution in [0.4, 0.5) is 13.2 Å². The molecule has 0 spiro atoms. The van der Waals surface area contributed by atoms with E-state index in [9.17, 15) is 13.2 Å². The van der Waals surface area contributed by atoms with Gasteiger partial charge in [0.25, 0.3) is 0 Å². The maximum atomic E-state index is 14.5. The van der Waals surface area contributed by atoms with Gasteiger partial charge in [-0.1, -0.05) is 77.1 Å². The van der Waals surface area contributed by atoms with Crippen molar-refractivity contribution in [1.29, 1.82) is 0 Å². The summed E-state index contributed by atoms with van der Waals surface area (Å²) in [5.41, 5.74) is 1.54. The van der Waals surface area contributed by atoms with Gasteiger partial charge in [-0.2, -0.15) is 0 Å². The number of unbranched alkanes of at least 4 members (excludes halogenated alkanes) is 1. The van der Waals surface area contributed by atoms with Crippen LogP contribution in [-0.2, 0) is 0 Å². The quantitative estimate of drug-likeness (QED) is 0.209. The Kier molecular flexibility index (Phi) is 11.9. The van der Waals surface area contributed by atoms with Crippen molar-refractivity contribution in [3.05, 3.63) is 133 Å². The van der Waals surface area contributed by atoms with Crippen LogP contribution < -0.4 is 0 Å². The molecular weight excluding hydrogens is 381 g/mol. The van der Waals surface area contributed by atoms with E-state index in [0.29, 0.717) is 5.57 Å². The van der Waals surface area contributed by atoms with E-state index >= 15 is 0 Å².